The maximum Gasteiger partial charge on any atom is 0.220 e. The number of rotatable bonds is 7. The predicted octanol–water partition coefficient (Wildman–Crippen LogP) is 2.60. The van der Waals surface area contributed by atoms with Crippen molar-refractivity contribution < 1.29 is 9.53 Å². The Labute approximate surface area is 183 Å². The summed E-state index contributed by atoms with van der Waals surface area (Å²) < 4.78 is 7.74. The highest BCUT2D eigenvalue weighted by molar-refractivity contribution is 5.76. The Hall–Kier alpha value is -2.77. The standard InChI is InChI=1S/C24H31N5O2/c1-17-13-23-26-18(2)22(19(3)29(23)27-17)9-10-24(30)25-14-21-16-28(11-12-31-21)15-20-7-5-4-6-8-20/h4-8,13,21H,9-12,14-16H2,1-3H3,(H,25,30)/t21-/m1/s1. The van der Waals surface area contributed by atoms with Crippen LogP contribution in [0, 0.1) is 20.8 Å². The lowest BCUT2D eigenvalue weighted by Crippen LogP contribution is -2.47. The zero-order chi connectivity index (χ0) is 21.8. The van der Waals surface area contributed by atoms with Crippen molar-refractivity contribution in [3.8, 4) is 0 Å². The van der Waals surface area contributed by atoms with Gasteiger partial charge in [0.1, 0.15) is 0 Å². The molecule has 1 aliphatic heterocycles. The Balaban J connectivity index is 1.27. The van der Waals surface area contributed by atoms with Crippen LogP contribution in [0.15, 0.2) is 36.4 Å². The molecule has 3 heterocycles. The second-order valence-electron chi connectivity index (χ2n) is 8.33. The maximum absolute atomic E-state index is 12.5. The topological polar surface area (TPSA) is 71.8 Å². The second kappa shape index (κ2) is 9.58. The van der Waals surface area contributed by atoms with Crippen molar-refractivity contribution in [1.29, 1.82) is 0 Å². The molecule has 7 heteroatoms. The van der Waals surface area contributed by atoms with Gasteiger partial charge in [-0.2, -0.15) is 5.10 Å². The molecule has 7 nitrogen and oxygen atoms in total. The highest BCUT2D eigenvalue weighted by Gasteiger charge is 2.21. The first-order valence-electron chi connectivity index (χ1n) is 11.0. The molecule has 2 aromatic heterocycles. The molecule has 1 atom stereocenters. The number of benzene rings is 1. The number of morpholine rings is 1. The number of aromatic nitrogens is 3. The Kier molecular flexibility index (Phi) is 6.63. The van der Waals surface area contributed by atoms with Gasteiger partial charge >= 0.3 is 0 Å². The molecule has 1 aliphatic rings. The van der Waals surface area contributed by atoms with Crippen LogP contribution >= 0.6 is 0 Å². The second-order valence-corrected chi connectivity index (χ2v) is 8.33. The first-order chi connectivity index (χ1) is 15.0. The molecule has 164 valence electrons. The van der Waals surface area contributed by atoms with Crippen LogP contribution in [0.5, 0.6) is 0 Å². The Morgan fingerprint density at radius 2 is 2.03 bits per heavy atom. The number of ether oxygens (including phenoxy) is 1. The quantitative estimate of drug-likeness (QED) is 0.635. The molecule has 1 fully saturated rings. The van der Waals surface area contributed by atoms with Crippen LogP contribution < -0.4 is 5.32 Å². The fourth-order valence-corrected chi connectivity index (χ4v) is 4.25. The summed E-state index contributed by atoms with van der Waals surface area (Å²) in [4.78, 5) is 19.5. The molecule has 1 N–H and O–H groups in total. The molecule has 0 radical (unpaired) electrons. The first-order valence-corrected chi connectivity index (χ1v) is 11.0. The number of amides is 1. The fourth-order valence-electron chi connectivity index (χ4n) is 4.25. The van der Waals surface area contributed by atoms with Crippen LogP contribution in [0.2, 0.25) is 0 Å². The summed E-state index contributed by atoms with van der Waals surface area (Å²) >= 11 is 0. The van der Waals surface area contributed by atoms with Crippen molar-refractivity contribution in [1.82, 2.24) is 24.8 Å². The van der Waals surface area contributed by atoms with E-state index in [1.807, 2.05) is 37.4 Å². The minimum absolute atomic E-state index is 0.0231. The highest BCUT2D eigenvalue weighted by Crippen LogP contribution is 2.17. The van der Waals surface area contributed by atoms with Gasteiger partial charge in [-0.3, -0.25) is 9.69 Å². The van der Waals surface area contributed by atoms with Crippen LogP contribution in [0.1, 0.15) is 34.6 Å². The lowest BCUT2D eigenvalue weighted by atomic mass is 10.1. The van der Waals surface area contributed by atoms with E-state index in [-0.39, 0.29) is 12.0 Å². The van der Waals surface area contributed by atoms with Crippen LogP contribution in [0.25, 0.3) is 5.65 Å². The summed E-state index contributed by atoms with van der Waals surface area (Å²) in [6.45, 7) is 9.89. The Bertz CT molecular complexity index is 1050. The zero-order valence-electron chi connectivity index (χ0n) is 18.6. The number of carbonyl (C=O) groups is 1. The van der Waals surface area contributed by atoms with E-state index < -0.39 is 0 Å². The molecule has 0 saturated carbocycles. The number of hydrogen-bond donors (Lipinski definition) is 1. The van der Waals surface area contributed by atoms with E-state index in [1.165, 1.54) is 5.56 Å². The molecule has 1 saturated heterocycles. The minimum atomic E-state index is 0.0231. The first kappa shape index (κ1) is 21.5. The number of carbonyl (C=O) groups excluding carboxylic acids is 1. The van der Waals surface area contributed by atoms with E-state index in [0.29, 0.717) is 26.0 Å². The van der Waals surface area contributed by atoms with E-state index >= 15 is 0 Å². The van der Waals surface area contributed by atoms with Gasteiger partial charge in [0, 0.05) is 50.1 Å². The molecule has 0 unspecified atom stereocenters. The summed E-state index contributed by atoms with van der Waals surface area (Å²) in [5, 5.41) is 7.56. The lowest BCUT2D eigenvalue weighted by Gasteiger charge is -2.33. The van der Waals surface area contributed by atoms with Gasteiger partial charge in [0.15, 0.2) is 5.65 Å². The van der Waals surface area contributed by atoms with E-state index in [4.69, 9.17) is 4.74 Å². The smallest absolute Gasteiger partial charge is 0.220 e. The molecular formula is C24H31N5O2. The van der Waals surface area contributed by atoms with Crippen molar-refractivity contribution in [2.45, 2.75) is 46.3 Å². The van der Waals surface area contributed by atoms with Gasteiger partial charge in [-0.05, 0) is 38.3 Å². The molecule has 0 bridgehead atoms. The van der Waals surface area contributed by atoms with Crippen molar-refractivity contribution in [2.75, 3.05) is 26.2 Å². The zero-order valence-corrected chi connectivity index (χ0v) is 18.6. The van der Waals surface area contributed by atoms with Gasteiger partial charge in [0.2, 0.25) is 5.91 Å². The molecule has 3 aromatic rings. The third kappa shape index (κ3) is 5.29. The van der Waals surface area contributed by atoms with Crippen molar-refractivity contribution in [3.63, 3.8) is 0 Å². The summed E-state index contributed by atoms with van der Waals surface area (Å²) in [7, 11) is 0. The summed E-state index contributed by atoms with van der Waals surface area (Å²) in [5.41, 5.74) is 6.21. The normalized spacial score (nSPS) is 17.2. The molecule has 31 heavy (non-hydrogen) atoms. The average Bonchev–Trinajstić information content (AvgIpc) is 3.13. The van der Waals surface area contributed by atoms with Crippen LogP contribution in [-0.2, 0) is 22.5 Å². The van der Waals surface area contributed by atoms with Gasteiger partial charge in [0.25, 0.3) is 0 Å². The number of nitrogens with zero attached hydrogens (tertiary/aromatic N) is 4. The van der Waals surface area contributed by atoms with Gasteiger partial charge in [-0.1, -0.05) is 30.3 Å². The summed E-state index contributed by atoms with van der Waals surface area (Å²) in [6, 6.07) is 12.4. The van der Waals surface area contributed by atoms with Gasteiger partial charge in [0.05, 0.1) is 18.4 Å². The fraction of sp³-hybridized carbons (Fsp3) is 0.458. The number of nitrogens with one attached hydrogen (secondary N) is 1. The number of hydrogen-bond acceptors (Lipinski definition) is 5. The Morgan fingerprint density at radius 1 is 1.23 bits per heavy atom. The van der Waals surface area contributed by atoms with Gasteiger partial charge in [-0.15, -0.1) is 0 Å². The lowest BCUT2D eigenvalue weighted by molar-refractivity contribution is -0.122. The minimum Gasteiger partial charge on any atom is -0.374 e. The van der Waals surface area contributed by atoms with Crippen LogP contribution in [-0.4, -0.2) is 57.8 Å². The van der Waals surface area contributed by atoms with Crippen LogP contribution in [0.4, 0.5) is 0 Å². The molecule has 0 aliphatic carbocycles. The average molecular weight is 422 g/mol. The molecule has 0 spiro atoms. The van der Waals surface area contributed by atoms with Crippen molar-refractivity contribution in [2.24, 2.45) is 0 Å². The maximum atomic E-state index is 12.5. The molecule has 4 rings (SSSR count). The third-order valence-electron chi connectivity index (χ3n) is 5.89. The largest absolute Gasteiger partial charge is 0.374 e. The van der Waals surface area contributed by atoms with Crippen molar-refractivity contribution >= 4 is 11.6 Å². The summed E-state index contributed by atoms with van der Waals surface area (Å²) in [5.74, 6) is 0.0410. The molecule has 1 aromatic carbocycles. The third-order valence-corrected chi connectivity index (χ3v) is 5.89. The molecule has 1 amide bonds. The summed E-state index contributed by atoms with van der Waals surface area (Å²) in [6.07, 6.45) is 1.10. The van der Waals surface area contributed by atoms with E-state index in [1.54, 1.807) is 0 Å². The number of fused-ring (bicyclic) bond motifs is 1. The molecular weight excluding hydrogens is 390 g/mol. The van der Waals surface area contributed by atoms with E-state index in [2.05, 4.69) is 44.6 Å². The Morgan fingerprint density at radius 3 is 2.84 bits per heavy atom. The van der Waals surface area contributed by atoms with E-state index in [9.17, 15) is 4.79 Å². The predicted molar refractivity (Wildman–Crippen MR) is 120 cm³/mol. The van der Waals surface area contributed by atoms with Gasteiger partial charge in [-0.25, -0.2) is 9.50 Å². The SMILES string of the molecule is Cc1cc2nc(C)c(CCC(=O)NC[C@@H]3CN(Cc4ccccc4)CCO3)c(C)n2n1. The van der Waals surface area contributed by atoms with E-state index in [0.717, 1.165) is 47.9 Å². The highest BCUT2D eigenvalue weighted by atomic mass is 16.5. The van der Waals surface area contributed by atoms with Gasteiger partial charge < -0.3 is 10.1 Å². The number of aryl methyl sites for hydroxylation is 3. The monoisotopic (exact) mass is 421 g/mol. The van der Waals surface area contributed by atoms with Crippen LogP contribution in [0.3, 0.4) is 0 Å². The van der Waals surface area contributed by atoms with Crippen molar-refractivity contribution in [3.05, 3.63) is 64.6 Å².